The maximum absolute atomic E-state index is 12.7. The highest BCUT2D eigenvalue weighted by Gasteiger charge is 2.24. The number of nitrogens with one attached hydrogen (secondary N) is 1. The van der Waals surface area contributed by atoms with E-state index in [2.05, 4.69) is 41.0 Å². The molecular weight excluding hydrogens is 436 g/mol. The number of carbonyl (C=O) groups is 1. The Balaban J connectivity index is 1.47. The molecule has 6 rings (SSSR count). The number of likely N-dealkylation sites (N-methyl/N-ethyl adjacent to an activating group) is 1. The first-order valence-corrected chi connectivity index (χ1v) is 12.0. The molecule has 0 fully saturated rings. The smallest absolute Gasteiger partial charge is 0.253 e. The molecule has 0 spiro atoms. The van der Waals surface area contributed by atoms with Crippen molar-refractivity contribution < 1.29 is 4.79 Å². The van der Waals surface area contributed by atoms with Crippen molar-refractivity contribution in [2.24, 2.45) is 4.99 Å². The Labute approximate surface area is 204 Å². The average Bonchev–Trinajstić information content (AvgIpc) is 3.50. The number of fused-ring (bicyclic) bond motifs is 3. The third-order valence-electron chi connectivity index (χ3n) is 7.15. The van der Waals surface area contributed by atoms with Crippen molar-refractivity contribution in [1.29, 1.82) is 0 Å². The summed E-state index contributed by atoms with van der Waals surface area (Å²) in [6.07, 6.45) is 7.40. The van der Waals surface area contributed by atoms with Crippen LogP contribution in [-0.2, 0) is 19.4 Å². The molecule has 7 nitrogen and oxygen atoms in total. The molecule has 2 aliphatic heterocycles. The largest absolute Gasteiger partial charge is 0.345 e. The number of hydrogen-bond acceptors (Lipinski definition) is 5. The Morgan fingerprint density at radius 3 is 2.83 bits per heavy atom. The number of H-pyrrole nitrogens is 1. The van der Waals surface area contributed by atoms with Gasteiger partial charge in [0, 0.05) is 68.3 Å². The molecule has 0 radical (unpaired) electrons. The highest BCUT2D eigenvalue weighted by Crippen LogP contribution is 2.41. The van der Waals surface area contributed by atoms with E-state index in [1.807, 2.05) is 30.7 Å². The quantitative estimate of drug-likeness (QED) is 0.483. The molecule has 0 saturated heterocycles. The lowest BCUT2D eigenvalue weighted by molar-refractivity contribution is 0.0827. The van der Waals surface area contributed by atoms with Crippen LogP contribution in [-0.4, -0.2) is 64.6 Å². The number of nitrogens with zero attached hydrogens (tertiary/aromatic N) is 5. The number of aromatic amines is 1. The summed E-state index contributed by atoms with van der Waals surface area (Å²) in [5.74, 6) is -0.00673. The molecule has 0 saturated carbocycles. The normalized spacial score (nSPS) is 14.9. The minimum Gasteiger partial charge on any atom is -0.345 e. The lowest BCUT2D eigenvalue weighted by atomic mass is 9.92. The molecule has 1 amide bonds. The van der Waals surface area contributed by atoms with E-state index in [-0.39, 0.29) is 5.91 Å². The standard InChI is InChI=1S/C28H28N6O/c1-16-11-17(12-18-15-34(4)10-8-19(16)18)24-14-31-27-26(32-24)23(13-30-27)20-5-6-22(28(35)33(2)3)21-7-9-29-25(20)21/h5-6,9,11-14H,7-8,10,15H2,1-4H3,(H,30,31). The van der Waals surface area contributed by atoms with Crippen LogP contribution in [0.15, 0.2) is 41.7 Å². The third kappa shape index (κ3) is 3.54. The third-order valence-corrected chi connectivity index (χ3v) is 7.15. The van der Waals surface area contributed by atoms with Crippen molar-refractivity contribution in [1.82, 2.24) is 24.8 Å². The molecule has 7 heteroatoms. The monoisotopic (exact) mass is 464 g/mol. The van der Waals surface area contributed by atoms with Crippen molar-refractivity contribution in [3.05, 3.63) is 64.5 Å². The summed E-state index contributed by atoms with van der Waals surface area (Å²) in [6, 6.07) is 8.39. The van der Waals surface area contributed by atoms with Crippen LogP contribution in [0.4, 0.5) is 5.69 Å². The first-order chi connectivity index (χ1) is 16.9. The second-order valence-corrected chi connectivity index (χ2v) is 9.78. The zero-order chi connectivity index (χ0) is 24.3. The lowest BCUT2D eigenvalue weighted by Crippen LogP contribution is -2.27. The van der Waals surface area contributed by atoms with Gasteiger partial charge in [0.15, 0.2) is 5.65 Å². The van der Waals surface area contributed by atoms with Gasteiger partial charge in [-0.05, 0) is 60.8 Å². The topological polar surface area (TPSA) is 77.5 Å². The maximum Gasteiger partial charge on any atom is 0.253 e. The Kier molecular flexibility index (Phi) is 5.04. The van der Waals surface area contributed by atoms with Crippen molar-refractivity contribution in [3.8, 4) is 22.4 Å². The van der Waals surface area contributed by atoms with E-state index in [0.717, 1.165) is 64.3 Å². The molecule has 0 aliphatic carbocycles. The Morgan fingerprint density at radius 1 is 1.14 bits per heavy atom. The van der Waals surface area contributed by atoms with Crippen molar-refractivity contribution in [2.75, 3.05) is 27.7 Å². The van der Waals surface area contributed by atoms with Crippen LogP contribution in [0, 0.1) is 6.92 Å². The van der Waals surface area contributed by atoms with Gasteiger partial charge in [0.1, 0.15) is 5.52 Å². The molecule has 0 unspecified atom stereocenters. The van der Waals surface area contributed by atoms with Crippen LogP contribution in [0.1, 0.15) is 32.6 Å². The van der Waals surface area contributed by atoms with Gasteiger partial charge in [-0.25, -0.2) is 9.97 Å². The minimum absolute atomic E-state index is 0.00673. The van der Waals surface area contributed by atoms with E-state index in [9.17, 15) is 4.79 Å². The second-order valence-electron chi connectivity index (χ2n) is 9.78. The Bertz CT molecular complexity index is 1530. The molecule has 0 bridgehead atoms. The van der Waals surface area contributed by atoms with Crippen LogP contribution >= 0.6 is 0 Å². The van der Waals surface area contributed by atoms with Crippen LogP contribution in [0.5, 0.6) is 0 Å². The predicted molar refractivity (Wildman–Crippen MR) is 139 cm³/mol. The van der Waals surface area contributed by atoms with Crippen molar-refractivity contribution in [3.63, 3.8) is 0 Å². The van der Waals surface area contributed by atoms with Crippen molar-refractivity contribution in [2.45, 2.75) is 26.3 Å². The van der Waals surface area contributed by atoms with Gasteiger partial charge in [-0.3, -0.25) is 9.79 Å². The molecule has 2 aromatic heterocycles. The predicted octanol–water partition coefficient (Wildman–Crippen LogP) is 4.55. The number of amides is 1. The summed E-state index contributed by atoms with van der Waals surface area (Å²) in [7, 11) is 5.71. The van der Waals surface area contributed by atoms with Gasteiger partial charge in [0.05, 0.1) is 17.6 Å². The van der Waals surface area contributed by atoms with Gasteiger partial charge < -0.3 is 14.8 Å². The minimum atomic E-state index is -0.00673. The molecule has 35 heavy (non-hydrogen) atoms. The van der Waals surface area contributed by atoms with Crippen LogP contribution in [0.25, 0.3) is 33.5 Å². The molecule has 4 heterocycles. The summed E-state index contributed by atoms with van der Waals surface area (Å²) in [4.78, 5) is 34.4. The van der Waals surface area contributed by atoms with Gasteiger partial charge in [0.25, 0.3) is 5.91 Å². The van der Waals surface area contributed by atoms with Crippen LogP contribution in [0.3, 0.4) is 0 Å². The molecule has 176 valence electrons. The summed E-state index contributed by atoms with van der Waals surface area (Å²) in [6.45, 7) is 4.24. The number of benzene rings is 2. The van der Waals surface area contributed by atoms with Gasteiger partial charge in [-0.1, -0.05) is 6.07 Å². The van der Waals surface area contributed by atoms with E-state index in [1.54, 1.807) is 19.0 Å². The fourth-order valence-electron chi connectivity index (χ4n) is 5.32. The van der Waals surface area contributed by atoms with Gasteiger partial charge in [-0.15, -0.1) is 0 Å². The first kappa shape index (κ1) is 21.7. The van der Waals surface area contributed by atoms with Crippen LogP contribution < -0.4 is 0 Å². The molecule has 4 aromatic rings. The lowest BCUT2D eigenvalue weighted by Gasteiger charge is -2.27. The summed E-state index contributed by atoms with van der Waals surface area (Å²) < 4.78 is 0. The first-order valence-electron chi connectivity index (χ1n) is 12.0. The SMILES string of the molecule is Cc1cc(-c2cnc3[nH]cc(-c4ccc(C(=O)N(C)C)c5c4N=CC5)c3n2)cc2c1CCN(C)C2. The van der Waals surface area contributed by atoms with E-state index >= 15 is 0 Å². The van der Waals surface area contributed by atoms with E-state index in [0.29, 0.717) is 12.0 Å². The molecule has 2 aromatic carbocycles. The van der Waals surface area contributed by atoms with Crippen LogP contribution in [0.2, 0.25) is 0 Å². The highest BCUT2D eigenvalue weighted by molar-refractivity contribution is 6.04. The molecular formula is C28H28N6O. The number of carbonyl (C=O) groups excluding carboxylic acids is 1. The Hall–Kier alpha value is -3.84. The zero-order valence-electron chi connectivity index (χ0n) is 20.5. The van der Waals surface area contributed by atoms with Crippen molar-refractivity contribution >= 4 is 29.0 Å². The highest BCUT2D eigenvalue weighted by atomic mass is 16.2. The summed E-state index contributed by atoms with van der Waals surface area (Å²) >= 11 is 0. The number of aromatic nitrogens is 3. The van der Waals surface area contributed by atoms with E-state index < -0.39 is 0 Å². The van der Waals surface area contributed by atoms with Gasteiger partial charge in [0.2, 0.25) is 0 Å². The fourth-order valence-corrected chi connectivity index (χ4v) is 5.32. The number of hydrogen-bond donors (Lipinski definition) is 1. The van der Waals surface area contributed by atoms with Gasteiger partial charge >= 0.3 is 0 Å². The second kappa shape index (κ2) is 8.13. The van der Waals surface area contributed by atoms with E-state index in [4.69, 9.17) is 9.97 Å². The Morgan fingerprint density at radius 2 is 2.00 bits per heavy atom. The maximum atomic E-state index is 12.7. The average molecular weight is 465 g/mol. The van der Waals surface area contributed by atoms with E-state index in [1.165, 1.54) is 16.7 Å². The fraction of sp³-hybridized carbons (Fsp3) is 0.286. The summed E-state index contributed by atoms with van der Waals surface area (Å²) in [5, 5.41) is 0. The number of rotatable bonds is 3. The number of aryl methyl sites for hydroxylation is 1. The molecule has 1 N–H and O–H groups in total. The van der Waals surface area contributed by atoms with Gasteiger partial charge in [-0.2, -0.15) is 0 Å². The summed E-state index contributed by atoms with van der Waals surface area (Å²) in [5.41, 5.74) is 12.1. The zero-order valence-corrected chi connectivity index (χ0v) is 20.5. The molecule has 2 aliphatic rings. The number of aliphatic imine (C=N–C) groups is 1. The molecule has 0 atom stereocenters.